The first kappa shape index (κ1) is 18.5. The molecule has 28 heavy (non-hydrogen) atoms. The molecule has 0 saturated carbocycles. The first-order chi connectivity index (χ1) is 13.4. The summed E-state index contributed by atoms with van der Waals surface area (Å²) in [4.78, 5) is 22.1. The van der Waals surface area contributed by atoms with Crippen LogP contribution in [0, 0.1) is 24.7 Å². The number of aromatic carboxylic acids is 2. The molecule has 0 amide bonds. The van der Waals surface area contributed by atoms with Crippen LogP contribution < -0.4 is 0 Å². The van der Waals surface area contributed by atoms with Gasteiger partial charge in [0, 0.05) is 11.1 Å². The zero-order valence-electron chi connectivity index (χ0n) is 14.6. The summed E-state index contributed by atoms with van der Waals surface area (Å²) in [7, 11) is 0. The Bertz CT molecular complexity index is 1060. The van der Waals surface area contributed by atoms with Crippen LogP contribution in [-0.2, 0) is 0 Å². The summed E-state index contributed by atoms with van der Waals surface area (Å²) in [6.07, 6.45) is 11.4. The average molecular weight is 366 g/mol. The van der Waals surface area contributed by atoms with Crippen molar-refractivity contribution < 1.29 is 19.8 Å². The molecular formula is C24H14O4. The van der Waals surface area contributed by atoms with E-state index in [-0.39, 0.29) is 11.1 Å². The summed E-state index contributed by atoms with van der Waals surface area (Å²) in [6, 6.07) is 16.3. The number of carbonyl (C=O) groups is 2. The number of carboxylic acids is 2. The standard InChI is InChI=1S/C24H14O4/c1-3-15-13-22(18-7-11-20(12-8-18)24(27)28)16(4-2)14-21(15)17-5-9-19(10-6-17)23(25)26/h1-2,5-14H,(H,25,26)(H,27,28). The van der Waals surface area contributed by atoms with Crippen LogP contribution in [0.25, 0.3) is 22.3 Å². The van der Waals surface area contributed by atoms with Gasteiger partial charge in [-0.05, 0) is 58.7 Å². The predicted molar refractivity (Wildman–Crippen MR) is 107 cm³/mol. The van der Waals surface area contributed by atoms with Crippen LogP contribution in [0.5, 0.6) is 0 Å². The minimum atomic E-state index is -1.01. The van der Waals surface area contributed by atoms with Gasteiger partial charge in [0.25, 0.3) is 0 Å². The minimum absolute atomic E-state index is 0.179. The smallest absolute Gasteiger partial charge is 0.335 e. The van der Waals surface area contributed by atoms with Crippen molar-refractivity contribution in [3.8, 4) is 46.9 Å². The van der Waals surface area contributed by atoms with Gasteiger partial charge >= 0.3 is 11.9 Å². The van der Waals surface area contributed by atoms with Crippen molar-refractivity contribution in [3.05, 3.63) is 82.9 Å². The first-order valence-corrected chi connectivity index (χ1v) is 8.23. The fourth-order valence-electron chi connectivity index (χ4n) is 2.90. The van der Waals surface area contributed by atoms with E-state index < -0.39 is 11.9 Å². The lowest BCUT2D eigenvalue weighted by atomic mass is 9.90. The van der Waals surface area contributed by atoms with E-state index in [1.165, 1.54) is 24.3 Å². The molecule has 0 heterocycles. The minimum Gasteiger partial charge on any atom is -0.478 e. The van der Waals surface area contributed by atoms with Gasteiger partial charge in [0.2, 0.25) is 0 Å². The number of hydrogen-bond acceptors (Lipinski definition) is 2. The third-order valence-electron chi connectivity index (χ3n) is 4.35. The van der Waals surface area contributed by atoms with Crippen LogP contribution >= 0.6 is 0 Å². The summed E-state index contributed by atoms with van der Waals surface area (Å²) < 4.78 is 0. The first-order valence-electron chi connectivity index (χ1n) is 8.23. The largest absolute Gasteiger partial charge is 0.478 e. The fraction of sp³-hybridized carbons (Fsp3) is 0. The number of terminal acetylenes is 2. The summed E-state index contributed by atoms with van der Waals surface area (Å²) in [5, 5.41) is 18.1. The number of benzene rings is 3. The van der Waals surface area contributed by atoms with Crippen LogP contribution in [-0.4, -0.2) is 22.2 Å². The zero-order valence-corrected chi connectivity index (χ0v) is 14.6. The van der Waals surface area contributed by atoms with Gasteiger partial charge in [-0.3, -0.25) is 0 Å². The van der Waals surface area contributed by atoms with E-state index in [2.05, 4.69) is 11.8 Å². The molecular weight excluding hydrogens is 352 g/mol. The van der Waals surface area contributed by atoms with Crippen LogP contribution in [0.3, 0.4) is 0 Å². The second-order valence-electron chi connectivity index (χ2n) is 6.00. The molecule has 0 atom stereocenters. The highest BCUT2D eigenvalue weighted by Gasteiger charge is 2.13. The second-order valence-corrected chi connectivity index (χ2v) is 6.00. The summed E-state index contributed by atoms with van der Waals surface area (Å²) in [6.45, 7) is 0. The summed E-state index contributed by atoms with van der Waals surface area (Å²) in [5.41, 5.74) is 4.50. The monoisotopic (exact) mass is 366 g/mol. The topological polar surface area (TPSA) is 74.6 Å². The molecule has 0 spiro atoms. The van der Waals surface area contributed by atoms with E-state index >= 15 is 0 Å². The van der Waals surface area contributed by atoms with E-state index in [0.717, 1.165) is 22.3 Å². The maximum absolute atomic E-state index is 11.0. The fourth-order valence-corrected chi connectivity index (χ4v) is 2.90. The maximum atomic E-state index is 11.0. The Hall–Kier alpha value is -4.28. The molecule has 0 aliphatic heterocycles. The molecule has 0 saturated heterocycles. The molecule has 0 aromatic heterocycles. The van der Waals surface area contributed by atoms with Gasteiger partial charge in [0.15, 0.2) is 0 Å². The molecule has 134 valence electrons. The van der Waals surface area contributed by atoms with Gasteiger partial charge in [-0.2, -0.15) is 0 Å². The van der Waals surface area contributed by atoms with Crippen LogP contribution in [0.15, 0.2) is 60.7 Å². The quantitative estimate of drug-likeness (QED) is 0.672. The Kier molecular flexibility index (Phi) is 4.98. The van der Waals surface area contributed by atoms with E-state index in [1.807, 2.05) is 0 Å². The summed E-state index contributed by atoms with van der Waals surface area (Å²) in [5.74, 6) is 3.27. The normalized spacial score (nSPS) is 9.93. The summed E-state index contributed by atoms with van der Waals surface area (Å²) >= 11 is 0. The zero-order chi connectivity index (χ0) is 20.3. The molecule has 0 aliphatic carbocycles. The van der Waals surface area contributed by atoms with Gasteiger partial charge < -0.3 is 10.2 Å². The predicted octanol–water partition coefficient (Wildman–Crippen LogP) is 4.38. The second kappa shape index (κ2) is 7.53. The van der Waals surface area contributed by atoms with Crippen molar-refractivity contribution >= 4 is 11.9 Å². The van der Waals surface area contributed by atoms with Crippen LogP contribution in [0.1, 0.15) is 31.8 Å². The third kappa shape index (κ3) is 3.49. The average Bonchev–Trinajstić information content (AvgIpc) is 2.72. The van der Waals surface area contributed by atoms with Crippen LogP contribution in [0.2, 0.25) is 0 Å². The Morgan fingerprint density at radius 2 is 0.964 bits per heavy atom. The molecule has 0 fully saturated rings. The van der Waals surface area contributed by atoms with Gasteiger partial charge in [0.05, 0.1) is 11.1 Å². The lowest BCUT2D eigenvalue weighted by Crippen LogP contribution is -1.97. The van der Waals surface area contributed by atoms with E-state index in [0.29, 0.717) is 11.1 Å². The van der Waals surface area contributed by atoms with Crippen molar-refractivity contribution in [2.75, 3.05) is 0 Å². The molecule has 3 rings (SSSR count). The molecule has 3 aromatic rings. The number of carboxylic acid groups (broad SMARTS) is 2. The highest BCUT2D eigenvalue weighted by molar-refractivity contribution is 5.90. The maximum Gasteiger partial charge on any atom is 0.335 e. The lowest BCUT2D eigenvalue weighted by Gasteiger charge is -2.12. The molecule has 4 heteroatoms. The molecule has 2 N–H and O–H groups in total. The molecule has 0 aliphatic rings. The lowest BCUT2D eigenvalue weighted by molar-refractivity contribution is 0.0686. The molecule has 3 aromatic carbocycles. The molecule has 0 bridgehead atoms. The highest BCUT2D eigenvalue weighted by Crippen LogP contribution is 2.32. The van der Waals surface area contributed by atoms with Gasteiger partial charge in [0.1, 0.15) is 0 Å². The van der Waals surface area contributed by atoms with Crippen molar-refractivity contribution in [1.29, 1.82) is 0 Å². The van der Waals surface area contributed by atoms with Crippen LogP contribution in [0.4, 0.5) is 0 Å². The van der Waals surface area contributed by atoms with Crippen molar-refractivity contribution in [2.45, 2.75) is 0 Å². The Morgan fingerprint density at radius 3 is 1.21 bits per heavy atom. The number of rotatable bonds is 4. The molecule has 0 unspecified atom stereocenters. The molecule has 4 nitrogen and oxygen atoms in total. The Morgan fingerprint density at radius 1 is 0.643 bits per heavy atom. The third-order valence-corrected chi connectivity index (χ3v) is 4.35. The van der Waals surface area contributed by atoms with E-state index in [1.54, 1.807) is 36.4 Å². The van der Waals surface area contributed by atoms with Crippen molar-refractivity contribution in [3.63, 3.8) is 0 Å². The van der Waals surface area contributed by atoms with Gasteiger partial charge in [-0.1, -0.05) is 36.1 Å². The Labute approximate surface area is 162 Å². The van der Waals surface area contributed by atoms with Gasteiger partial charge in [-0.15, -0.1) is 12.8 Å². The molecule has 0 radical (unpaired) electrons. The Balaban J connectivity index is 2.13. The van der Waals surface area contributed by atoms with E-state index in [4.69, 9.17) is 23.1 Å². The number of hydrogen-bond donors (Lipinski definition) is 2. The van der Waals surface area contributed by atoms with Gasteiger partial charge in [-0.25, -0.2) is 9.59 Å². The van der Waals surface area contributed by atoms with Crippen molar-refractivity contribution in [1.82, 2.24) is 0 Å². The highest BCUT2D eigenvalue weighted by atomic mass is 16.4. The van der Waals surface area contributed by atoms with E-state index in [9.17, 15) is 9.59 Å². The SMILES string of the molecule is C#Cc1cc(-c2ccc(C(=O)O)cc2)c(C#C)cc1-c1ccc(C(=O)O)cc1. The van der Waals surface area contributed by atoms with Crippen molar-refractivity contribution in [2.24, 2.45) is 0 Å².